The number of rotatable bonds is 11. The van der Waals surface area contributed by atoms with E-state index < -0.39 is 22.5 Å². The van der Waals surface area contributed by atoms with E-state index in [1.807, 2.05) is 19.1 Å². The van der Waals surface area contributed by atoms with Crippen LogP contribution in [0.3, 0.4) is 0 Å². The molecule has 8 nitrogen and oxygen atoms in total. The van der Waals surface area contributed by atoms with Crippen LogP contribution < -0.4 is 19.1 Å². The van der Waals surface area contributed by atoms with Crippen LogP contribution in [0.5, 0.6) is 11.5 Å². The second-order valence-electron chi connectivity index (χ2n) is 9.80. The van der Waals surface area contributed by atoms with Crippen LogP contribution in [0.4, 0.5) is 5.69 Å². The van der Waals surface area contributed by atoms with Gasteiger partial charge in [0.2, 0.25) is 5.91 Å². The van der Waals surface area contributed by atoms with E-state index in [1.165, 1.54) is 51.2 Å². The predicted molar refractivity (Wildman–Crippen MR) is 153 cm³/mol. The lowest BCUT2D eigenvalue weighted by atomic mass is 10.1. The molecule has 0 aliphatic carbocycles. The number of aryl methyl sites for hydroxylation is 1. The minimum atomic E-state index is -4.10. The molecular weight excluding hydrogens is 514 g/mol. The third-order valence-electron chi connectivity index (χ3n) is 6.89. The second-order valence-corrected chi connectivity index (χ2v) is 11.7. The van der Waals surface area contributed by atoms with Gasteiger partial charge in [0.05, 0.1) is 24.8 Å². The molecule has 3 aromatic rings. The number of methoxy groups -OCH3 is 2. The Kier molecular flexibility index (Phi) is 9.48. The smallest absolute Gasteiger partial charge is 0.264 e. The van der Waals surface area contributed by atoms with Gasteiger partial charge in [0.15, 0.2) is 0 Å². The van der Waals surface area contributed by atoms with Gasteiger partial charge >= 0.3 is 0 Å². The van der Waals surface area contributed by atoms with Crippen molar-refractivity contribution >= 4 is 21.6 Å². The summed E-state index contributed by atoms with van der Waals surface area (Å²) < 4.78 is 39.5. The maximum absolute atomic E-state index is 13.8. The lowest BCUT2D eigenvalue weighted by Crippen LogP contribution is -2.41. The van der Waals surface area contributed by atoms with Crippen LogP contribution in [0.1, 0.15) is 36.0 Å². The van der Waals surface area contributed by atoms with Crippen molar-refractivity contribution in [2.45, 2.75) is 44.2 Å². The summed E-state index contributed by atoms with van der Waals surface area (Å²) in [4.78, 5) is 15.7. The highest BCUT2D eigenvalue weighted by Crippen LogP contribution is 2.35. The Labute approximate surface area is 231 Å². The summed E-state index contributed by atoms with van der Waals surface area (Å²) in [5.74, 6) is 0.322. The standard InChI is InChI=1S/C30H37N3O5S/c1-23-10-13-27(14-11-23)39(35,36)33(28-19-26(37-2)12-15-29(28)38-3)22-30(34)31-20-24-8-7-9-25(18-24)21-32-16-5-4-6-17-32/h7-15,18-19H,4-6,16-17,20-22H2,1-3H3,(H,31,34). The lowest BCUT2D eigenvalue weighted by molar-refractivity contribution is -0.119. The van der Waals surface area contributed by atoms with Crippen molar-refractivity contribution in [1.29, 1.82) is 0 Å². The molecular formula is C30H37N3O5S. The molecule has 0 saturated carbocycles. The number of likely N-dealkylation sites (tertiary alicyclic amines) is 1. The van der Waals surface area contributed by atoms with Crippen LogP contribution in [-0.4, -0.2) is 53.1 Å². The molecule has 208 valence electrons. The van der Waals surface area contributed by atoms with Crippen molar-refractivity contribution in [3.63, 3.8) is 0 Å². The number of ether oxygens (including phenoxy) is 2. The Morgan fingerprint density at radius 2 is 1.64 bits per heavy atom. The Morgan fingerprint density at radius 1 is 0.923 bits per heavy atom. The van der Waals surface area contributed by atoms with E-state index in [2.05, 4.69) is 22.3 Å². The summed E-state index contributed by atoms with van der Waals surface area (Å²) in [6.07, 6.45) is 3.76. The van der Waals surface area contributed by atoms with Gasteiger partial charge in [-0.2, -0.15) is 0 Å². The molecule has 1 heterocycles. The highest BCUT2D eigenvalue weighted by Gasteiger charge is 2.30. The fourth-order valence-corrected chi connectivity index (χ4v) is 6.15. The molecule has 9 heteroatoms. The fraction of sp³-hybridized carbons (Fsp3) is 0.367. The maximum atomic E-state index is 13.8. The summed E-state index contributed by atoms with van der Waals surface area (Å²) >= 11 is 0. The molecule has 1 aliphatic heterocycles. The number of hydrogen-bond acceptors (Lipinski definition) is 6. The average molecular weight is 552 g/mol. The fourth-order valence-electron chi connectivity index (χ4n) is 4.73. The minimum Gasteiger partial charge on any atom is -0.497 e. The predicted octanol–water partition coefficient (Wildman–Crippen LogP) is 4.51. The molecule has 1 aliphatic rings. The minimum absolute atomic E-state index is 0.0798. The number of benzene rings is 3. The van der Waals surface area contributed by atoms with Crippen molar-refractivity contribution in [3.05, 3.63) is 83.4 Å². The monoisotopic (exact) mass is 551 g/mol. The lowest BCUT2D eigenvalue weighted by Gasteiger charge is -2.26. The molecule has 1 saturated heterocycles. The van der Waals surface area contributed by atoms with Crippen molar-refractivity contribution in [1.82, 2.24) is 10.2 Å². The van der Waals surface area contributed by atoms with Crippen LogP contribution in [0.15, 0.2) is 71.6 Å². The van der Waals surface area contributed by atoms with Crippen molar-refractivity contribution in [2.24, 2.45) is 0 Å². The molecule has 39 heavy (non-hydrogen) atoms. The van der Waals surface area contributed by atoms with E-state index in [-0.39, 0.29) is 10.6 Å². The van der Waals surface area contributed by atoms with Crippen molar-refractivity contribution in [3.8, 4) is 11.5 Å². The highest BCUT2D eigenvalue weighted by atomic mass is 32.2. The summed E-state index contributed by atoms with van der Waals surface area (Å²) in [7, 11) is -1.14. The second kappa shape index (κ2) is 13.0. The number of sulfonamides is 1. The summed E-state index contributed by atoms with van der Waals surface area (Å²) in [6.45, 7) is 4.86. The first-order valence-electron chi connectivity index (χ1n) is 13.2. The van der Waals surface area contributed by atoms with Crippen molar-refractivity contribution < 1.29 is 22.7 Å². The summed E-state index contributed by atoms with van der Waals surface area (Å²) in [6, 6.07) is 19.5. The molecule has 1 amide bonds. The Morgan fingerprint density at radius 3 is 2.33 bits per heavy atom. The molecule has 0 aromatic heterocycles. The number of carbonyl (C=O) groups excluding carboxylic acids is 1. The first-order valence-corrected chi connectivity index (χ1v) is 14.6. The first kappa shape index (κ1) is 28.4. The number of hydrogen-bond donors (Lipinski definition) is 1. The first-order chi connectivity index (χ1) is 18.8. The average Bonchev–Trinajstić information content (AvgIpc) is 2.95. The number of anilines is 1. The van der Waals surface area contributed by atoms with Gasteiger partial charge in [0.1, 0.15) is 18.0 Å². The normalized spacial score (nSPS) is 14.0. The van der Waals surface area contributed by atoms with Crippen LogP contribution in [0, 0.1) is 6.92 Å². The van der Waals surface area contributed by atoms with Gasteiger partial charge in [-0.05, 0) is 68.2 Å². The molecule has 1 fully saturated rings. The zero-order chi connectivity index (χ0) is 27.8. The third kappa shape index (κ3) is 7.30. The number of amides is 1. The number of carbonyl (C=O) groups is 1. The van der Waals surface area contributed by atoms with E-state index in [0.29, 0.717) is 18.0 Å². The van der Waals surface area contributed by atoms with E-state index in [1.54, 1.807) is 30.3 Å². The molecule has 4 rings (SSSR count). The van der Waals surface area contributed by atoms with Crippen molar-refractivity contribution in [2.75, 3.05) is 38.2 Å². The summed E-state index contributed by atoms with van der Waals surface area (Å²) in [5, 5.41) is 2.90. The van der Waals surface area contributed by atoms with Gasteiger partial charge in [0, 0.05) is 19.2 Å². The topological polar surface area (TPSA) is 88.2 Å². The van der Waals surface area contributed by atoms with Crippen LogP contribution in [0.2, 0.25) is 0 Å². The molecule has 0 unspecified atom stereocenters. The van der Waals surface area contributed by atoms with Crippen LogP contribution in [-0.2, 0) is 27.9 Å². The Hall–Kier alpha value is -3.56. The summed E-state index contributed by atoms with van der Waals surface area (Å²) in [5.41, 5.74) is 3.31. The van der Waals surface area contributed by atoms with E-state index in [9.17, 15) is 13.2 Å². The van der Waals surface area contributed by atoms with Gasteiger partial charge < -0.3 is 14.8 Å². The number of nitrogens with one attached hydrogen (secondary N) is 1. The zero-order valence-corrected chi connectivity index (χ0v) is 23.7. The molecule has 0 bridgehead atoms. The van der Waals surface area contributed by atoms with Gasteiger partial charge in [-0.15, -0.1) is 0 Å². The van der Waals surface area contributed by atoms with Gasteiger partial charge in [-0.25, -0.2) is 8.42 Å². The Balaban J connectivity index is 1.54. The number of piperidine rings is 1. The van der Waals surface area contributed by atoms with Gasteiger partial charge in [-0.1, -0.05) is 48.4 Å². The quantitative estimate of drug-likeness (QED) is 0.377. The molecule has 0 atom stereocenters. The van der Waals surface area contributed by atoms with Gasteiger partial charge in [-0.3, -0.25) is 14.0 Å². The molecule has 0 radical (unpaired) electrons. The molecule has 0 spiro atoms. The third-order valence-corrected chi connectivity index (χ3v) is 8.66. The molecule has 3 aromatic carbocycles. The SMILES string of the molecule is COc1ccc(OC)c(N(CC(=O)NCc2cccc(CN3CCCCC3)c2)S(=O)(=O)c2ccc(C)cc2)c1. The number of nitrogens with zero attached hydrogens (tertiary/aromatic N) is 2. The van der Waals surface area contributed by atoms with Crippen LogP contribution >= 0.6 is 0 Å². The highest BCUT2D eigenvalue weighted by molar-refractivity contribution is 7.92. The van der Waals surface area contributed by atoms with Gasteiger partial charge in [0.25, 0.3) is 10.0 Å². The molecule has 1 N–H and O–H groups in total. The Bertz CT molecular complexity index is 1370. The maximum Gasteiger partial charge on any atom is 0.264 e. The van der Waals surface area contributed by atoms with Crippen LogP contribution in [0.25, 0.3) is 0 Å². The largest absolute Gasteiger partial charge is 0.497 e. The van der Waals surface area contributed by atoms with E-state index >= 15 is 0 Å². The van der Waals surface area contributed by atoms with E-state index in [4.69, 9.17) is 9.47 Å². The zero-order valence-electron chi connectivity index (χ0n) is 22.9. The van der Waals surface area contributed by atoms with E-state index in [0.717, 1.165) is 35.1 Å².